The quantitative estimate of drug-likeness (QED) is 0.291. The Bertz CT molecular complexity index is 1060. The zero-order chi connectivity index (χ0) is 23.8. The zero-order valence-electron chi connectivity index (χ0n) is 19.9. The van der Waals surface area contributed by atoms with E-state index in [0.29, 0.717) is 6.04 Å². The van der Waals surface area contributed by atoms with Crippen LogP contribution in [0.3, 0.4) is 0 Å². The fourth-order valence-electron chi connectivity index (χ4n) is 4.82. The lowest BCUT2D eigenvalue weighted by Crippen LogP contribution is -2.26. The first-order valence-electron chi connectivity index (χ1n) is 12.2. The SMILES string of the molecule is CN1CCCC1CCOc1ccc(C(=C(CCCO)c2ccccc2)c2ccc(Br)cc2)cc1. The molecule has 3 aromatic carbocycles. The van der Waals surface area contributed by atoms with E-state index in [0.717, 1.165) is 47.2 Å². The second-order valence-corrected chi connectivity index (χ2v) is 9.91. The first kappa shape index (κ1) is 24.7. The van der Waals surface area contributed by atoms with Gasteiger partial charge in [-0.1, -0.05) is 70.5 Å². The molecule has 1 aliphatic rings. The summed E-state index contributed by atoms with van der Waals surface area (Å²) in [5.74, 6) is 0.913. The van der Waals surface area contributed by atoms with Crippen LogP contribution in [0.25, 0.3) is 11.1 Å². The average molecular weight is 521 g/mol. The van der Waals surface area contributed by atoms with Crippen molar-refractivity contribution >= 4 is 27.1 Å². The van der Waals surface area contributed by atoms with E-state index in [4.69, 9.17) is 4.74 Å². The molecule has 0 spiro atoms. The van der Waals surface area contributed by atoms with Gasteiger partial charge in [0.15, 0.2) is 0 Å². The van der Waals surface area contributed by atoms with Crippen molar-refractivity contribution in [2.24, 2.45) is 0 Å². The molecular formula is C30H34BrNO2. The second kappa shape index (κ2) is 12.3. The van der Waals surface area contributed by atoms with Crippen molar-refractivity contribution in [3.8, 4) is 5.75 Å². The van der Waals surface area contributed by atoms with Crippen LogP contribution in [0, 0.1) is 0 Å². The predicted octanol–water partition coefficient (Wildman–Crippen LogP) is 7.04. The van der Waals surface area contributed by atoms with Gasteiger partial charge in [0.2, 0.25) is 0 Å². The first-order chi connectivity index (χ1) is 16.7. The molecule has 4 rings (SSSR count). The van der Waals surface area contributed by atoms with E-state index in [1.807, 2.05) is 6.07 Å². The monoisotopic (exact) mass is 519 g/mol. The summed E-state index contributed by atoms with van der Waals surface area (Å²) in [5, 5.41) is 9.59. The number of hydrogen-bond donors (Lipinski definition) is 1. The molecule has 1 unspecified atom stereocenters. The largest absolute Gasteiger partial charge is 0.494 e. The van der Waals surface area contributed by atoms with Crippen LogP contribution in [0.2, 0.25) is 0 Å². The number of halogens is 1. The molecule has 0 radical (unpaired) electrons. The molecule has 0 aromatic heterocycles. The van der Waals surface area contributed by atoms with Crippen molar-refractivity contribution in [1.82, 2.24) is 4.90 Å². The van der Waals surface area contributed by atoms with Crippen LogP contribution in [0.5, 0.6) is 5.75 Å². The Morgan fingerprint density at radius 2 is 1.62 bits per heavy atom. The highest BCUT2D eigenvalue weighted by molar-refractivity contribution is 9.10. The fourth-order valence-corrected chi connectivity index (χ4v) is 5.08. The lowest BCUT2D eigenvalue weighted by molar-refractivity contribution is 0.233. The standard InChI is InChI=1S/C30H34BrNO2/c1-32-20-5-9-27(32)19-22-34-28-17-13-25(14-18-28)30(24-11-15-26(31)16-12-24)29(10-6-21-33)23-7-3-2-4-8-23/h2-4,7-8,11-18,27,33H,5-6,9-10,19-22H2,1H3. The number of likely N-dealkylation sites (tertiary alicyclic amines) is 1. The number of hydrogen-bond acceptors (Lipinski definition) is 3. The van der Waals surface area contributed by atoms with Crippen LogP contribution in [-0.4, -0.2) is 42.9 Å². The van der Waals surface area contributed by atoms with Crippen molar-refractivity contribution in [3.63, 3.8) is 0 Å². The fraction of sp³-hybridized carbons (Fsp3) is 0.333. The van der Waals surface area contributed by atoms with Crippen LogP contribution >= 0.6 is 15.9 Å². The minimum atomic E-state index is 0.174. The van der Waals surface area contributed by atoms with Crippen molar-refractivity contribution in [1.29, 1.82) is 0 Å². The number of aliphatic hydroxyl groups excluding tert-OH is 1. The molecule has 1 fully saturated rings. The average Bonchev–Trinajstić information content (AvgIpc) is 3.28. The molecule has 0 aliphatic carbocycles. The molecule has 0 amide bonds. The van der Waals surface area contributed by atoms with E-state index in [1.165, 1.54) is 36.1 Å². The van der Waals surface area contributed by atoms with Crippen LogP contribution in [-0.2, 0) is 0 Å². The summed E-state index contributed by atoms with van der Waals surface area (Å²) in [6.07, 6.45) is 5.17. The Balaban J connectivity index is 1.63. The van der Waals surface area contributed by atoms with E-state index in [2.05, 4.69) is 101 Å². The topological polar surface area (TPSA) is 32.7 Å². The molecule has 4 heteroatoms. The summed E-state index contributed by atoms with van der Waals surface area (Å²) < 4.78 is 7.16. The van der Waals surface area contributed by atoms with Gasteiger partial charge in [0.1, 0.15) is 5.75 Å². The number of ether oxygens (including phenoxy) is 1. The number of benzene rings is 3. The van der Waals surface area contributed by atoms with Gasteiger partial charge < -0.3 is 14.7 Å². The Hall–Kier alpha value is -2.40. The predicted molar refractivity (Wildman–Crippen MR) is 145 cm³/mol. The maximum Gasteiger partial charge on any atom is 0.119 e. The molecule has 1 N–H and O–H groups in total. The summed E-state index contributed by atoms with van der Waals surface area (Å²) in [4.78, 5) is 2.44. The Labute approximate surface area is 212 Å². The van der Waals surface area contributed by atoms with Gasteiger partial charge >= 0.3 is 0 Å². The van der Waals surface area contributed by atoms with Crippen molar-refractivity contribution in [2.45, 2.75) is 38.1 Å². The molecule has 0 bridgehead atoms. The summed E-state index contributed by atoms with van der Waals surface area (Å²) in [6, 6.07) is 28.1. The molecule has 1 heterocycles. The van der Waals surface area contributed by atoms with E-state index in [9.17, 15) is 5.11 Å². The zero-order valence-corrected chi connectivity index (χ0v) is 21.5. The Morgan fingerprint density at radius 1 is 0.941 bits per heavy atom. The molecule has 1 saturated heterocycles. The highest BCUT2D eigenvalue weighted by atomic mass is 79.9. The summed E-state index contributed by atoms with van der Waals surface area (Å²) in [7, 11) is 2.21. The highest BCUT2D eigenvalue weighted by Crippen LogP contribution is 2.36. The molecule has 178 valence electrons. The molecule has 1 atom stereocenters. The lowest BCUT2D eigenvalue weighted by atomic mass is 9.87. The van der Waals surface area contributed by atoms with Gasteiger partial charge in [0, 0.05) is 17.1 Å². The Morgan fingerprint density at radius 3 is 2.24 bits per heavy atom. The van der Waals surface area contributed by atoms with E-state index >= 15 is 0 Å². The number of aliphatic hydroxyl groups is 1. The minimum Gasteiger partial charge on any atom is -0.494 e. The maximum atomic E-state index is 9.59. The highest BCUT2D eigenvalue weighted by Gasteiger charge is 2.20. The third kappa shape index (κ3) is 6.38. The molecule has 0 saturated carbocycles. The van der Waals surface area contributed by atoms with Gasteiger partial charge in [-0.25, -0.2) is 0 Å². The van der Waals surface area contributed by atoms with Gasteiger partial charge in [0.25, 0.3) is 0 Å². The molecular weight excluding hydrogens is 486 g/mol. The van der Waals surface area contributed by atoms with E-state index in [-0.39, 0.29) is 6.61 Å². The smallest absolute Gasteiger partial charge is 0.119 e. The normalized spacial score (nSPS) is 17.0. The van der Waals surface area contributed by atoms with Gasteiger partial charge in [-0.05, 0) is 97.8 Å². The summed E-state index contributed by atoms with van der Waals surface area (Å²) >= 11 is 3.57. The number of rotatable bonds is 10. The summed E-state index contributed by atoms with van der Waals surface area (Å²) in [6.45, 7) is 2.12. The van der Waals surface area contributed by atoms with Crippen molar-refractivity contribution < 1.29 is 9.84 Å². The Kier molecular flexibility index (Phi) is 8.97. The van der Waals surface area contributed by atoms with Crippen LogP contribution < -0.4 is 4.74 Å². The van der Waals surface area contributed by atoms with E-state index < -0.39 is 0 Å². The number of nitrogens with zero attached hydrogens (tertiary/aromatic N) is 1. The van der Waals surface area contributed by atoms with Gasteiger partial charge in [-0.3, -0.25) is 0 Å². The van der Waals surface area contributed by atoms with Crippen LogP contribution in [0.4, 0.5) is 0 Å². The maximum absolute atomic E-state index is 9.59. The third-order valence-electron chi connectivity index (χ3n) is 6.68. The van der Waals surface area contributed by atoms with Crippen LogP contribution in [0.15, 0.2) is 83.3 Å². The third-order valence-corrected chi connectivity index (χ3v) is 7.20. The minimum absolute atomic E-state index is 0.174. The second-order valence-electron chi connectivity index (χ2n) is 8.99. The first-order valence-corrected chi connectivity index (χ1v) is 13.0. The molecule has 1 aliphatic heterocycles. The van der Waals surface area contributed by atoms with Crippen molar-refractivity contribution in [2.75, 3.05) is 26.8 Å². The molecule has 3 nitrogen and oxygen atoms in total. The van der Waals surface area contributed by atoms with Crippen LogP contribution in [0.1, 0.15) is 48.8 Å². The van der Waals surface area contributed by atoms with Gasteiger partial charge in [-0.2, -0.15) is 0 Å². The van der Waals surface area contributed by atoms with Gasteiger partial charge in [-0.15, -0.1) is 0 Å². The molecule has 3 aromatic rings. The van der Waals surface area contributed by atoms with Crippen molar-refractivity contribution in [3.05, 3.63) is 100 Å². The van der Waals surface area contributed by atoms with Gasteiger partial charge in [0.05, 0.1) is 6.61 Å². The summed E-state index contributed by atoms with van der Waals surface area (Å²) in [5.41, 5.74) is 5.95. The number of allylic oxidation sites excluding steroid dienone is 1. The lowest BCUT2D eigenvalue weighted by Gasteiger charge is -2.20. The van der Waals surface area contributed by atoms with E-state index in [1.54, 1.807) is 0 Å². The molecule has 34 heavy (non-hydrogen) atoms.